The molecule has 2 rings (SSSR count). The Bertz CT molecular complexity index is 419. The highest BCUT2D eigenvalue weighted by Crippen LogP contribution is 2.43. The molecule has 2 aliphatic rings. The van der Waals surface area contributed by atoms with Gasteiger partial charge in [-0.15, -0.1) is 0 Å². The van der Waals surface area contributed by atoms with Crippen molar-refractivity contribution in [2.75, 3.05) is 0 Å². The minimum atomic E-state index is 0.639. The first-order chi connectivity index (χ1) is 9.19. The van der Waals surface area contributed by atoms with Crippen molar-refractivity contribution in [3.05, 3.63) is 47.6 Å². The van der Waals surface area contributed by atoms with Gasteiger partial charge in [-0.05, 0) is 54.6 Å². The van der Waals surface area contributed by atoms with Crippen LogP contribution >= 0.6 is 0 Å². The van der Waals surface area contributed by atoms with Crippen molar-refractivity contribution in [3.8, 4) is 0 Å². The average molecular weight is 256 g/mol. The maximum absolute atomic E-state index is 3.95. The molecule has 0 heterocycles. The van der Waals surface area contributed by atoms with Crippen LogP contribution in [-0.2, 0) is 0 Å². The van der Waals surface area contributed by atoms with Crippen LogP contribution in [0.1, 0.15) is 52.9 Å². The maximum atomic E-state index is 3.95. The van der Waals surface area contributed by atoms with Gasteiger partial charge in [-0.1, -0.05) is 63.6 Å². The summed E-state index contributed by atoms with van der Waals surface area (Å²) in [6, 6.07) is 0. The molecule has 0 aromatic rings. The van der Waals surface area contributed by atoms with Gasteiger partial charge in [0.2, 0.25) is 0 Å². The van der Waals surface area contributed by atoms with Crippen LogP contribution in [0.2, 0.25) is 0 Å². The van der Waals surface area contributed by atoms with Crippen LogP contribution < -0.4 is 0 Å². The van der Waals surface area contributed by atoms with Crippen LogP contribution in [-0.4, -0.2) is 0 Å². The highest BCUT2D eigenvalue weighted by atomic mass is 14.3. The molecule has 0 aromatic carbocycles. The van der Waals surface area contributed by atoms with E-state index in [4.69, 9.17) is 0 Å². The molecule has 104 valence electrons. The highest BCUT2D eigenvalue weighted by Gasteiger charge is 2.29. The van der Waals surface area contributed by atoms with Crippen molar-refractivity contribution in [2.24, 2.45) is 17.8 Å². The predicted molar refractivity (Wildman–Crippen MR) is 85.0 cm³/mol. The third-order valence-corrected chi connectivity index (χ3v) is 4.66. The Morgan fingerprint density at radius 1 is 1.32 bits per heavy atom. The summed E-state index contributed by atoms with van der Waals surface area (Å²) >= 11 is 0. The fourth-order valence-electron chi connectivity index (χ4n) is 3.80. The zero-order chi connectivity index (χ0) is 13.8. The zero-order valence-corrected chi connectivity index (χ0v) is 12.8. The smallest absolute Gasteiger partial charge is 0.000579 e. The summed E-state index contributed by atoms with van der Waals surface area (Å²) < 4.78 is 0. The monoisotopic (exact) mass is 256 g/mol. The lowest BCUT2D eigenvalue weighted by molar-refractivity contribution is 0.364. The molecule has 0 radical (unpaired) electrons. The van der Waals surface area contributed by atoms with Gasteiger partial charge in [0.25, 0.3) is 0 Å². The molecule has 0 amide bonds. The van der Waals surface area contributed by atoms with Crippen LogP contribution in [0, 0.1) is 17.8 Å². The molecule has 19 heavy (non-hydrogen) atoms. The van der Waals surface area contributed by atoms with Crippen molar-refractivity contribution >= 4 is 0 Å². The SMILES string of the molecule is C=CC1=CC(CCC)C2=C(C=C1)CC(C)CC2CC. The van der Waals surface area contributed by atoms with Gasteiger partial charge in [-0.3, -0.25) is 0 Å². The zero-order valence-electron chi connectivity index (χ0n) is 12.8. The van der Waals surface area contributed by atoms with E-state index in [-0.39, 0.29) is 0 Å². The summed E-state index contributed by atoms with van der Waals surface area (Å²) in [6.07, 6.45) is 15.6. The van der Waals surface area contributed by atoms with Crippen LogP contribution in [0.15, 0.2) is 47.6 Å². The molecule has 0 aromatic heterocycles. The number of allylic oxidation sites excluding steroid dienone is 7. The molecule has 0 bridgehead atoms. The van der Waals surface area contributed by atoms with Gasteiger partial charge in [0.15, 0.2) is 0 Å². The predicted octanol–water partition coefficient (Wildman–Crippen LogP) is 5.84. The lowest BCUT2D eigenvalue weighted by Crippen LogP contribution is -2.21. The quantitative estimate of drug-likeness (QED) is 0.593. The minimum absolute atomic E-state index is 0.639. The lowest BCUT2D eigenvalue weighted by atomic mass is 9.71. The molecule has 0 fully saturated rings. The first kappa shape index (κ1) is 14.4. The van der Waals surface area contributed by atoms with E-state index in [2.05, 4.69) is 45.6 Å². The number of hydrogen-bond donors (Lipinski definition) is 0. The Balaban J connectivity index is 2.42. The molecular formula is C19H28. The summed E-state index contributed by atoms with van der Waals surface area (Å²) in [4.78, 5) is 0. The molecule has 0 N–H and O–H groups in total. The molecule has 3 unspecified atom stereocenters. The van der Waals surface area contributed by atoms with Gasteiger partial charge >= 0.3 is 0 Å². The van der Waals surface area contributed by atoms with Gasteiger partial charge in [-0.2, -0.15) is 0 Å². The Hall–Kier alpha value is -1.04. The van der Waals surface area contributed by atoms with E-state index in [1.165, 1.54) is 37.7 Å². The van der Waals surface area contributed by atoms with E-state index in [9.17, 15) is 0 Å². The second-order valence-electron chi connectivity index (χ2n) is 6.23. The Morgan fingerprint density at radius 2 is 2.11 bits per heavy atom. The van der Waals surface area contributed by atoms with Crippen LogP contribution in [0.4, 0.5) is 0 Å². The summed E-state index contributed by atoms with van der Waals surface area (Å²) in [7, 11) is 0. The van der Waals surface area contributed by atoms with Crippen molar-refractivity contribution in [3.63, 3.8) is 0 Å². The number of rotatable bonds is 4. The van der Waals surface area contributed by atoms with Crippen LogP contribution in [0.25, 0.3) is 0 Å². The molecule has 0 aliphatic heterocycles. The highest BCUT2D eigenvalue weighted by molar-refractivity contribution is 5.44. The van der Waals surface area contributed by atoms with Gasteiger partial charge < -0.3 is 0 Å². The van der Waals surface area contributed by atoms with Crippen LogP contribution in [0.3, 0.4) is 0 Å². The minimum Gasteiger partial charge on any atom is -0.0985 e. The molecular weight excluding hydrogens is 228 g/mol. The third kappa shape index (κ3) is 3.11. The van der Waals surface area contributed by atoms with E-state index in [1.807, 2.05) is 6.08 Å². The van der Waals surface area contributed by atoms with Gasteiger partial charge in [0, 0.05) is 0 Å². The lowest BCUT2D eigenvalue weighted by Gasteiger charge is -2.34. The number of hydrogen-bond acceptors (Lipinski definition) is 0. The van der Waals surface area contributed by atoms with Crippen molar-refractivity contribution in [1.29, 1.82) is 0 Å². The summed E-state index contributed by atoms with van der Waals surface area (Å²) in [5.41, 5.74) is 4.67. The molecule has 0 heteroatoms. The Labute approximate surface area is 119 Å². The summed E-state index contributed by atoms with van der Waals surface area (Å²) in [6.45, 7) is 11.0. The van der Waals surface area contributed by atoms with E-state index >= 15 is 0 Å². The summed E-state index contributed by atoms with van der Waals surface area (Å²) in [5, 5.41) is 0. The van der Waals surface area contributed by atoms with Crippen LogP contribution in [0.5, 0.6) is 0 Å². The fourth-order valence-corrected chi connectivity index (χ4v) is 3.80. The molecule has 3 atom stereocenters. The van der Waals surface area contributed by atoms with E-state index < -0.39 is 0 Å². The first-order valence-electron chi connectivity index (χ1n) is 7.94. The second kappa shape index (κ2) is 6.41. The molecule has 2 aliphatic carbocycles. The van der Waals surface area contributed by atoms with Gasteiger partial charge in [0.1, 0.15) is 0 Å². The average Bonchev–Trinajstić information content (AvgIpc) is 2.58. The first-order valence-corrected chi connectivity index (χ1v) is 7.94. The largest absolute Gasteiger partial charge is 0.0985 e. The second-order valence-corrected chi connectivity index (χ2v) is 6.23. The van der Waals surface area contributed by atoms with Gasteiger partial charge in [0.05, 0.1) is 0 Å². The molecule has 0 nitrogen and oxygen atoms in total. The third-order valence-electron chi connectivity index (χ3n) is 4.66. The van der Waals surface area contributed by atoms with E-state index in [0.717, 1.165) is 11.8 Å². The Kier molecular flexibility index (Phi) is 4.85. The fraction of sp³-hybridized carbons (Fsp3) is 0.579. The topological polar surface area (TPSA) is 0 Å². The van der Waals surface area contributed by atoms with Crippen molar-refractivity contribution in [2.45, 2.75) is 52.9 Å². The van der Waals surface area contributed by atoms with Gasteiger partial charge in [-0.25, -0.2) is 0 Å². The van der Waals surface area contributed by atoms with Crippen molar-refractivity contribution in [1.82, 2.24) is 0 Å². The molecule has 0 spiro atoms. The summed E-state index contributed by atoms with van der Waals surface area (Å²) in [5.74, 6) is 2.27. The molecule has 0 saturated carbocycles. The Morgan fingerprint density at radius 3 is 2.74 bits per heavy atom. The standard InChI is InChI=1S/C19H28/c1-5-8-17-13-15(6-2)9-10-18-12-14(4)11-16(7-3)19(17)18/h6,9-10,13-14,16-17H,2,5,7-8,11-12H2,1,3-4H3. The van der Waals surface area contributed by atoms with E-state index in [1.54, 1.807) is 11.1 Å². The normalized spacial score (nSPS) is 30.7. The maximum Gasteiger partial charge on any atom is -0.000579 e. The van der Waals surface area contributed by atoms with Crippen molar-refractivity contribution < 1.29 is 0 Å². The van der Waals surface area contributed by atoms with E-state index in [0.29, 0.717) is 5.92 Å². The molecule has 0 saturated heterocycles.